The normalized spacial score (nSPS) is 12.6. The van der Waals surface area contributed by atoms with Crippen LogP contribution >= 0.6 is 0 Å². The summed E-state index contributed by atoms with van der Waals surface area (Å²) in [6.07, 6.45) is 0. The molecule has 64 heavy (non-hydrogen) atoms. The van der Waals surface area contributed by atoms with E-state index in [4.69, 9.17) is 20.2 Å². The summed E-state index contributed by atoms with van der Waals surface area (Å²) in [5, 5.41) is 18.7. The van der Waals surface area contributed by atoms with Crippen molar-refractivity contribution in [2.75, 3.05) is 7.11 Å². The van der Waals surface area contributed by atoms with Gasteiger partial charge >= 0.3 is 5.97 Å². The van der Waals surface area contributed by atoms with Gasteiger partial charge in [-0.15, -0.1) is 0 Å². The Kier molecular flexibility index (Phi) is 12.4. The van der Waals surface area contributed by atoms with Gasteiger partial charge in [0.1, 0.15) is 35.0 Å². The minimum Gasteiger partial charge on any atom is -0.497 e. The average molecular weight is 870 g/mol. The van der Waals surface area contributed by atoms with Crippen LogP contribution in [0, 0.1) is 13.8 Å². The highest BCUT2D eigenvalue weighted by molar-refractivity contribution is 5.99. The highest BCUT2D eigenvalue weighted by atomic mass is 16.5. The van der Waals surface area contributed by atoms with Crippen LogP contribution < -0.4 is 26.4 Å². The molecular weight excluding hydrogens is 819 g/mol. The molecule has 7 aromatic rings. The summed E-state index contributed by atoms with van der Waals surface area (Å²) in [5.41, 5.74) is 13.6. The number of nitrogens with zero attached hydrogens (tertiary/aromatic N) is 10. The fourth-order valence-electron chi connectivity index (χ4n) is 7.73. The van der Waals surface area contributed by atoms with Gasteiger partial charge in [0, 0.05) is 45.8 Å². The molecule has 3 aromatic carbocycles. The number of hydrogen-bond acceptors (Lipinski definition) is 8. The minimum atomic E-state index is -1.09. The maximum Gasteiger partial charge on any atom is 0.335 e. The third kappa shape index (κ3) is 8.53. The fraction of sp³-hybridized carbons (Fsp3) is 0.304. The molecule has 0 atom stereocenters. The predicted octanol–water partition coefficient (Wildman–Crippen LogP) is 5.23. The third-order valence-corrected chi connectivity index (χ3v) is 11.2. The Hall–Kier alpha value is -7.76. The number of allylic oxidation sites excluding steroid dienone is 2. The molecule has 0 saturated heterocycles. The number of carbonyl (C=O) groups is 4. The van der Waals surface area contributed by atoms with Gasteiger partial charge in [-0.05, 0) is 102 Å². The molecule has 0 aliphatic heterocycles. The van der Waals surface area contributed by atoms with E-state index in [2.05, 4.69) is 15.2 Å². The summed E-state index contributed by atoms with van der Waals surface area (Å²) in [5.74, 6) is -1.74. The van der Waals surface area contributed by atoms with Crippen LogP contribution in [0.3, 0.4) is 0 Å². The number of methoxy groups -OCH3 is 1. The van der Waals surface area contributed by atoms with E-state index >= 15 is 0 Å². The number of ether oxygens (including phenoxy) is 2. The Morgan fingerprint density at radius 3 is 1.77 bits per heavy atom. The number of carbonyl (C=O) groups excluding carboxylic acids is 3. The lowest BCUT2D eigenvalue weighted by molar-refractivity contribution is 0.0696. The Morgan fingerprint density at radius 2 is 1.23 bits per heavy atom. The number of aryl methyl sites for hydroxylation is 6. The lowest BCUT2D eigenvalue weighted by Crippen LogP contribution is -2.28. The number of benzene rings is 3. The summed E-state index contributed by atoms with van der Waals surface area (Å²) in [6.45, 7) is 12.8. The highest BCUT2D eigenvalue weighted by Crippen LogP contribution is 2.30. The first kappa shape index (κ1) is 44.3. The number of aromatic carboxylic acids is 1. The second-order valence-corrected chi connectivity index (χ2v) is 15.6. The fourth-order valence-corrected chi connectivity index (χ4v) is 7.73. The van der Waals surface area contributed by atoms with Gasteiger partial charge in [0.05, 0.1) is 40.6 Å². The van der Waals surface area contributed by atoms with Gasteiger partial charge in [0.15, 0.2) is 0 Å². The number of imidazole rings is 2. The number of amides is 3. The lowest BCUT2D eigenvalue weighted by atomic mass is 10.1. The Balaban J connectivity index is 1.41. The van der Waals surface area contributed by atoms with Crippen LogP contribution in [0.25, 0.3) is 22.1 Å². The van der Waals surface area contributed by atoms with Crippen LogP contribution in [0.1, 0.15) is 86.3 Å². The monoisotopic (exact) mass is 869 g/mol. The van der Waals surface area contributed by atoms with Crippen molar-refractivity contribution < 1.29 is 33.8 Å². The molecule has 3 N–H and O–H groups in total. The Bertz CT molecular complexity index is 3190. The molecule has 332 valence electrons. The standard InChI is InChI=1S/C46H51N11O7/c1-10-56-37(18-28(5)50-56)42(59)48-45-52(7)35-20-31(44(61)62)14-17-34(35)54(45)23-26(3)27(4)24-55-40-36(53(8)46(55)49-43(60)38-19-29(6)51-57(38)11-2)21-32(41(47)58)22-39(40)64-25-30-12-15-33(63-9)16-13-30/h12-22H,10-11,23-25H2,1-9H3,(H2,47,58)(H,61,62)/b27-26+,48-45+,49-46+. The molecule has 0 bridgehead atoms. The minimum absolute atomic E-state index is 0.0843. The summed E-state index contributed by atoms with van der Waals surface area (Å²) in [4.78, 5) is 62.0. The first-order valence-electron chi connectivity index (χ1n) is 20.7. The van der Waals surface area contributed by atoms with Crippen LogP contribution in [-0.4, -0.2) is 73.7 Å². The second kappa shape index (κ2) is 17.9. The molecule has 3 amide bonds. The number of fused-ring (bicyclic) bond motifs is 2. The van der Waals surface area contributed by atoms with Crippen LogP contribution in [0.5, 0.6) is 11.5 Å². The van der Waals surface area contributed by atoms with Crippen LogP contribution in [0.4, 0.5) is 0 Å². The molecule has 0 aliphatic rings. The molecular formula is C46H51N11O7. The molecule has 4 aromatic heterocycles. The molecule has 0 radical (unpaired) electrons. The van der Waals surface area contributed by atoms with Gasteiger partial charge in [0.2, 0.25) is 17.1 Å². The first-order valence-corrected chi connectivity index (χ1v) is 20.7. The second-order valence-electron chi connectivity index (χ2n) is 15.6. The molecule has 7 rings (SSSR count). The van der Waals surface area contributed by atoms with E-state index in [0.717, 1.165) is 16.7 Å². The van der Waals surface area contributed by atoms with Gasteiger partial charge in [-0.25, -0.2) is 4.79 Å². The van der Waals surface area contributed by atoms with Crippen molar-refractivity contribution in [3.05, 3.63) is 129 Å². The molecule has 0 spiro atoms. The van der Waals surface area contributed by atoms with E-state index in [9.17, 15) is 24.3 Å². The molecule has 18 nitrogen and oxygen atoms in total. The summed E-state index contributed by atoms with van der Waals surface area (Å²) in [6, 6.07) is 18.8. The van der Waals surface area contributed by atoms with Crippen molar-refractivity contribution >= 4 is 45.8 Å². The molecule has 0 saturated carbocycles. The van der Waals surface area contributed by atoms with E-state index in [1.165, 1.54) is 6.07 Å². The number of hydrogen-bond donors (Lipinski definition) is 2. The van der Waals surface area contributed by atoms with Gasteiger partial charge in [-0.1, -0.05) is 23.3 Å². The van der Waals surface area contributed by atoms with Gasteiger partial charge in [-0.2, -0.15) is 20.2 Å². The number of primary amides is 1. The van der Waals surface area contributed by atoms with Crippen molar-refractivity contribution in [2.45, 2.75) is 74.3 Å². The van der Waals surface area contributed by atoms with Crippen molar-refractivity contribution in [2.24, 2.45) is 29.8 Å². The van der Waals surface area contributed by atoms with Crippen LogP contribution in [0.15, 0.2) is 87.9 Å². The van der Waals surface area contributed by atoms with Crippen LogP contribution in [-0.2, 0) is 46.9 Å². The number of rotatable bonds is 14. The van der Waals surface area contributed by atoms with Gasteiger partial charge < -0.3 is 38.6 Å². The van der Waals surface area contributed by atoms with Crippen molar-refractivity contribution in [3.63, 3.8) is 0 Å². The zero-order chi connectivity index (χ0) is 46.1. The maximum atomic E-state index is 14.1. The summed E-state index contributed by atoms with van der Waals surface area (Å²) >= 11 is 0. The third-order valence-electron chi connectivity index (χ3n) is 11.2. The molecule has 0 unspecified atom stereocenters. The van der Waals surface area contributed by atoms with E-state index < -0.39 is 23.7 Å². The SMILES string of the molecule is CCn1nc(C)cc1C(=O)/N=c1\n(C)c2cc(C(=O)O)ccc2n1C/C(C)=C(\C)Cn1/c(=N/C(=O)c2cc(C)nn2CC)n(C)c2cc(C(N)=O)cc(OCc3ccc(OC)cc3)c21. The van der Waals surface area contributed by atoms with Gasteiger partial charge in [-0.3, -0.25) is 23.7 Å². The average Bonchev–Trinajstić information content (AvgIpc) is 4.00. The zero-order valence-electron chi connectivity index (χ0n) is 37.3. The van der Waals surface area contributed by atoms with E-state index in [1.807, 2.05) is 68.0 Å². The van der Waals surface area contributed by atoms with Gasteiger partial charge in [0.25, 0.3) is 11.8 Å². The highest BCUT2D eigenvalue weighted by Gasteiger charge is 2.22. The van der Waals surface area contributed by atoms with Crippen molar-refractivity contribution in [1.29, 1.82) is 0 Å². The largest absolute Gasteiger partial charge is 0.497 e. The summed E-state index contributed by atoms with van der Waals surface area (Å²) in [7, 11) is 5.08. The molecule has 18 heteroatoms. The molecule has 0 aliphatic carbocycles. The first-order chi connectivity index (χ1) is 30.5. The van der Waals surface area contributed by atoms with E-state index in [0.29, 0.717) is 75.0 Å². The number of carboxylic acids is 1. The quantitative estimate of drug-likeness (QED) is 0.137. The van der Waals surface area contributed by atoms with E-state index in [-0.39, 0.29) is 36.4 Å². The Morgan fingerprint density at radius 1 is 0.703 bits per heavy atom. The van der Waals surface area contributed by atoms with Crippen LogP contribution in [0.2, 0.25) is 0 Å². The number of aromatic nitrogens is 8. The van der Waals surface area contributed by atoms with Crippen molar-refractivity contribution in [3.8, 4) is 11.5 Å². The lowest BCUT2D eigenvalue weighted by Gasteiger charge is -2.15. The molecule has 4 heterocycles. The Labute approximate surface area is 367 Å². The topological polar surface area (TPSA) is 213 Å². The summed E-state index contributed by atoms with van der Waals surface area (Å²) < 4.78 is 22.2. The number of nitrogens with two attached hydrogens (primary N) is 1. The molecule has 0 fully saturated rings. The van der Waals surface area contributed by atoms with Crippen molar-refractivity contribution in [1.82, 2.24) is 37.8 Å². The maximum absolute atomic E-state index is 14.1. The smallest absolute Gasteiger partial charge is 0.335 e. The van der Waals surface area contributed by atoms with E-state index in [1.54, 1.807) is 83.0 Å². The zero-order valence-corrected chi connectivity index (χ0v) is 37.3. The predicted molar refractivity (Wildman–Crippen MR) is 238 cm³/mol. The number of carboxylic acid groups (broad SMARTS) is 1.